The Labute approximate surface area is 139 Å². The molecule has 5 heteroatoms. The van der Waals surface area contributed by atoms with Gasteiger partial charge in [-0.05, 0) is 50.0 Å². The van der Waals surface area contributed by atoms with E-state index < -0.39 is 0 Å². The van der Waals surface area contributed by atoms with Crippen LogP contribution >= 0.6 is 0 Å². The van der Waals surface area contributed by atoms with E-state index in [1.54, 1.807) is 0 Å². The van der Waals surface area contributed by atoms with Gasteiger partial charge in [0.15, 0.2) is 0 Å². The highest BCUT2D eigenvalue weighted by atomic mass is 16.5. The second-order valence-electron chi connectivity index (χ2n) is 6.54. The van der Waals surface area contributed by atoms with Gasteiger partial charge in [-0.3, -0.25) is 4.90 Å². The quantitative estimate of drug-likeness (QED) is 0.587. The number of hydrogen-bond acceptors (Lipinski definition) is 5. The van der Waals surface area contributed by atoms with Gasteiger partial charge in [0.25, 0.3) is 0 Å². The molecule has 0 saturated carbocycles. The number of anilines is 2. The Kier molecular flexibility index (Phi) is 6.13. The molecular weight excluding hydrogens is 288 g/mol. The van der Waals surface area contributed by atoms with Crippen LogP contribution in [-0.4, -0.2) is 63.9 Å². The molecule has 128 valence electrons. The second kappa shape index (κ2) is 8.52. The summed E-state index contributed by atoms with van der Waals surface area (Å²) in [5.41, 5.74) is 9.60. The number of benzene rings is 1. The zero-order chi connectivity index (χ0) is 15.9. The van der Waals surface area contributed by atoms with Gasteiger partial charge in [-0.25, -0.2) is 0 Å². The molecule has 0 spiro atoms. The number of aryl methyl sites for hydroxylation is 1. The van der Waals surface area contributed by atoms with Crippen molar-refractivity contribution in [2.45, 2.75) is 19.3 Å². The average Bonchev–Trinajstić information content (AvgIpc) is 2.59. The highest BCUT2D eigenvalue weighted by Gasteiger charge is 2.16. The SMILES string of the molecule is Nc1ccc2c(c1)N(CCNCCCN1CCOCC1)CCC2. The van der Waals surface area contributed by atoms with Crippen LogP contribution in [0.5, 0.6) is 0 Å². The third-order valence-corrected chi connectivity index (χ3v) is 4.81. The molecule has 0 bridgehead atoms. The van der Waals surface area contributed by atoms with Gasteiger partial charge >= 0.3 is 0 Å². The highest BCUT2D eigenvalue weighted by molar-refractivity contribution is 5.62. The van der Waals surface area contributed by atoms with Crippen molar-refractivity contribution in [3.8, 4) is 0 Å². The van der Waals surface area contributed by atoms with Crippen molar-refractivity contribution in [1.82, 2.24) is 10.2 Å². The summed E-state index contributed by atoms with van der Waals surface area (Å²) in [6.07, 6.45) is 3.64. The Bertz CT molecular complexity index is 488. The molecule has 0 radical (unpaired) electrons. The molecule has 1 saturated heterocycles. The van der Waals surface area contributed by atoms with Crippen molar-refractivity contribution in [2.75, 3.05) is 69.7 Å². The Morgan fingerprint density at radius 1 is 1.09 bits per heavy atom. The average molecular weight is 318 g/mol. The molecule has 0 aromatic heterocycles. The lowest BCUT2D eigenvalue weighted by molar-refractivity contribution is 0.0375. The molecule has 1 fully saturated rings. The number of rotatable bonds is 7. The summed E-state index contributed by atoms with van der Waals surface area (Å²) >= 11 is 0. The van der Waals surface area contributed by atoms with Gasteiger partial charge in [-0.2, -0.15) is 0 Å². The van der Waals surface area contributed by atoms with E-state index in [0.29, 0.717) is 0 Å². The van der Waals surface area contributed by atoms with Gasteiger partial charge < -0.3 is 20.7 Å². The van der Waals surface area contributed by atoms with Crippen LogP contribution < -0.4 is 16.0 Å². The van der Waals surface area contributed by atoms with E-state index in [-0.39, 0.29) is 0 Å². The van der Waals surface area contributed by atoms with Crippen molar-refractivity contribution in [1.29, 1.82) is 0 Å². The summed E-state index contributed by atoms with van der Waals surface area (Å²) in [5.74, 6) is 0. The number of morpholine rings is 1. The van der Waals surface area contributed by atoms with Crippen molar-refractivity contribution in [3.63, 3.8) is 0 Å². The molecule has 0 unspecified atom stereocenters. The number of hydrogen-bond donors (Lipinski definition) is 2. The first-order valence-electron chi connectivity index (χ1n) is 8.97. The van der Waals surface area contributed by atoms with E-state index in [4.69, 9.17) is 10.5 Å². The maximum Gasteiger partial charge on any atom is 0.0594 e. The number of nitrogen functional groups attached to an aromatic ring is 1. The van der Waals surface area contributed by atoms with Gasteiger partial charge in [0.05, 0.1) is 13.2 Å². The standard InChI is InChI=1S/C18H30N4O/c19-17-5-4-16-3-1-9-22(18(16)15-17)10-7-20-6-2-8-21-11-13-23-14-12-21/h4-5,15,20H,1-3,6-14,19H2. The number of ether oxygens (including phenoxy) is 1. The molecule has 2 aliphatic rings. The van der Waals surface area contributed by atoms with Gasteiger partial charge in [0.1, 0.15) is 0 Å². The predicted molar refractivity (Wildman–Crippen MR) is 96.1 cm³/mol. The molecule has 5 nitrogen and oxygen atoms in total. The first-order valence-corrected chi connectivity index (χ1v) is 8.97. The fraction of sp³-hybridized carbons (Fsp3) is 0.667. The fourth-order valence-electron chi connectivity index (χ4n) is 3.49. The minimum absolute atomic E-state index is 0.870. The molecule has 23 heavy (non-hydrogen) atoms. The van der Waals surface area contributed by atoms with Gasteiger partial charge in [-0.1, -0.05) is 6.07 Å². The van der Waals surface area contributed by atoms with Crippen molar-refractivity contribution in [2.24, 2.45) is 0 Å². The summed E-state index contributed by atoms with van der Waals surface area (Å²) in [5, 5.41) is 3.59. The van der Waals surface area contributed by atoms with Crippen LogP contribution in [0.2, 0.25) is 0 Å². The maximum atomic E-state index is 5.95. The van der Waals surface area contributed by atoms with Gasteiger partial charge in [0.2, 0.25) is 0 Å². The summed E-state index contributed by atoms with van der Waals surface area (Å²) in [6.45, 7) is 9.49. The second-order valence-corrected chi connectivity index (χ2v) is 6.54. The molecule has 2 aliphatic heterocycles. The third-order valence-electron chi connectivity index (χ3n) is 4.81. The summed E-state index contributed by atoms with van der Waals surface area (Å²) in [7, 11) is 0. The minimum atomic E-state index is 0.870. The summed E-state index contributed by atoms with van der Waals surface area (Å²) < 4.78 is 5.38. The van der Waals surface area contributed by atoms with E-state index in [1.807, 2.05) is 6.07 Å². The van der Waals surface area contributed by atoms with Crippen LogP contribution in [0.15, 0.2) is 18.2 Å². The van der Waals surface area contributed by atoms with Crippen LogP contribution in [-0.2, 0) is 11.2 Å². The number of nitrogens with one attached hydrogen (secondary N) is 1. The fourth-order valence-corrected chi connectivity index (χ4v) is 3.49. The Hall–Kier alpha value is -1.30. The van der Waals surface area contributed by atoms with Crippen LogP contribution in [0, 0.1) is 0 Å². The van der Waals surface area contributed by atoms with E-state index >= 15 is 0 Å². The van der Waals surface area contributed by atoms with E-state index in [1.165, 1.54) is 37.1 Å². The van der Waals surface area contributed by atoms with Crippen LogP contribution in [0.25, 0.3) is 0 Å². The molecule has 3 rings (SSSR count). The Balaban J connectivity index is 1.34. The molecule has 0 aliphatic carbocycles. The maximum absolute atomic E-state index is 5.95. The number of nitrogens with zero attached hydrogens (tertiary/aromatic N) is 2. The smallest absolute Gasteiger partial charge is 0.0594 e. The zero-order valence-corrected chi connectivity index (χ0v) is 14.1. The van der Waals surface area contributed by atoms with Gasteiger partial charge in [-0.15, -0.1) is 0 Å². The zero-order valence-electron chi connectivity index (χ0n) is 14.1. The van der Waals surface area contributed by atoms with Crippen molar-refractivity contribution in [3.05, 3.63) is 23.8 Å². The van der Waals surface area contributed by atoms with Gasteiger partial charge in [0, 0.05) is 44.1 Å². The lowest BCUT2D eigenvalue weighted by Gasteiger charge is -2.31. The van der Waals surface area contributed by atoms with Crippen molar-refractivity contribution < 1.29 is 4.74 Å². The van der Waals surface area contributed by atoms with E-state index in [0.717, 1.165) is 58.2 Å². The minimum Gasteiger partial charge on any atom is -0.399 e. The lowest BCUT2D eigenvalue weighted by atomic mass is 10.0. The lowest BCUT2D eigenvalue weighted by Crippen LogP contribution is -2.39. The highest BCUT2D eigenvalue weighted by Crippen LogP contribution is 2.28. The molecule has 1 aromatic rings. The predicted octanol–water partition coefficient (Wildman–Crippen LogP) is 1.33. The van der Waals surface area contributed by atoms with Crippen LogP contribution in [0.1, 0.15) is 18.4 Å². The topological polar surface area (TPSA) is 53.8 Å². The van der Waals surface area contributed by atoms with Crippen LogP contribution in [0.3, 0.4) is 0 Å². The largest absolute Gasteiger partial charge is 0.399 e. The monoisotopic (exact) mass is 318 g/mol. The molecule has 2 heterocycles. The molecule has 0 atom stereocenters. The number of nitrogens with two attached hydrogens (primary N) is 1. The molecule has 3 N–H and O–H groups in total. The third kappa shape index (κ3) is 4.83. The first-order chi connectivity index (χ1) is 11.3. The molecule has 0 amide bonds. The normalized spacial score (nSPS) is 18.9. The summed E-state index contributed by atoms with van der Waals surface area (Å²) in [4.78, 5) is 4.97. The first kappa shape index (κ1) is 16.6. The molecular formula is C18H30N4O. The van der Waals surface area contributed by atoms with E-state index in [2.05, 4.69) is 27.2 Å². The Morgan fingerprint density at radius 2 is 1.96 bits per heavy atom. The van der Waals surface area contributed by atoms with Crippen LogP contribution in [0.4, 0.5) is 11.4 Å². The van der Waals surface area contributed by atoms with Crippen molar-refractivity contribution >= 4 is 11.4 Å². The summed E-state index contributed by atoms with van der Waals surface area (Å²) in [6, 6.07) is 6.34. The molecule has 1 aromatic carbocycles. The number of fused-ring (bicyclic) bond motifs is 1. The Morgan fingerprint density at radius 3 is 2.83 bits per heavy atom. The van der Waals surface area contributed by atoms with E-state index in [9.17, 15) is 0 Å².